The number of amides is 1. The van der Waals surface area contributed by atoms with Crippen molar-refractivity contribution < 1.29 is 14.6 Å². The van der Waals surface area contributed by atoms with E-state index in [1.165, 1.54) is 0 Å². The molecule has 24 heavy (non-hydrogen) atoms. The third-order valence-electron chi connectivity index (χ3n) is 4.24. The molecule has 2 aromatic rings. The first-order chi connectivity index (χ1) is 11.7. The summed E-state index contributed by atoms with van der Waals surface area (Å²) in [5.41, 5.74) is 1.53. The van der Waals surface area contributed by atoms with Gasteiger partial charge in [0.1, 0.15) is 0 Å². The molecule has 126 valence electrons. The van der Waals surface area contributed by atoms with Gasteiger partial charge in [0.05, 0.1) is 25.2 Å². The van der Waals surface area contributed by atoms with Gasteiger partial charge in [-0.25, -0.2) is 0 Å². The molecule has 5 heteroatoms. The number of rotatable bonds is 6. The van der Waals surface area contributed by atoms with Crippen molar-refractivity contribution in [2.75, 3.05) is 18.1 Å². The van der Waals surface area contributed by atoms with Crippen LogP contribution < -0.4 is 4.90 Å². The van der Waals surface area contributed by atoms with Crippen molar-refractivity contribution in [3.63, 3.8) is 0 Å². The molecule has 0 bridgehead atoms. The smallest absolute Gasteiger partial charge is 0.230 e. The second-order valence-corrected chi connectivity index (χ2v) is 5.98. The lowest BCUT2D eigenvalue weighted by molar-refractivity contribution is -0.120. The van der Waals surface area contributed by atoms with Crippen LogP contribution in [0.2, 0.25) is 0 Å². The Morgan fingerprint density at radius 1 is 1.25 bits per heavy atom. The summed E-state index contributed by atoms with van der Waals surface area (Å²) in [6, 6.07) is 12.9. The number of pyridine rings is 1. The number of carbonyl (C=O) groups excluding carboxylic acids is 1. The average molecular weight is 326 g/mol. The van der Waals surface area contributed by atoms with E-state index in [2.05, 4.69) is 4.98 Å². The molecule has 1 fully saturated rings. The van der Waals surface area contributed by atoms with E-state index in [1.54, 1.807) is 17.3 Å². The van der Waals surface area contributed by atoms with Crippen LogP contribution in [0.25, 0.3) is 0 Å². The molecular weight excluding hydrogens is 304 g/mol. The first kappa shape index (κ1) is 16.6. The van der Waals surface area contributed by atoms with Crippen molar-refractivity contribution in [1.29, 1.82) is 0 Å². The van der Waals surface area contributed by atoms with E-state index in [0.29, 0.717) is 6.54 Å². The SMILES string of the molecule is O=C(CC(O)c1ccccc1)N(CC1CCCO1)c1ccncc1. The van der Waals surface area contributed by atoms with Gasteiger partial charge in [0.2, 0.25) is 5.91 Å². The predicted octanol–water partition coefficient (Wildman–Crippen LogP) is 2.72. The Labute approximate surface area is 141 Å². The van der Waals surface area contributed by atoms with Gasteiger partial charge in [-0.1, -0.05) is 30.3 Å². The van der Waals surface area contributed by atoms with Crippen molar-refractivity contribution in [1.82, 2.24) is 4.98 Å². The summed E-state index contributed by atoms with van der Waals surface area (Å²) in [5.74, 6) is -0.118. The van der Waals surface area contributed by atoms with Crippen LogP contribution in [0.5, 0.6) is 0 Å². The van der Waals surface area contributed by atoms with Crippen LogP contribution in [0, 0.1) is 0 Å². The van der Waals surface area contributed by atoms with E-state index in [-0.39, 0.29) is 18.4 Å². The van der Waals surface area contributed by atoms with Gasteiger partial charge in [0.15, 0.2) is 0 Å². The topological polar surface area (TPSA) is 62.7 Å². The van der Waals surface area contributed by atoms with Gasteiger partial charge in [-0.05, 0) is 30.5 Å². The van der Waals surface area contributed by atoms with Gasteiger partial charge in [-0.3, -0.25) is 9.78 Å². The zero-order chi connectivity index (χ0) is 16.8. The largest absolute Gasteiger partial charge is 0.388 e. The molecule has 0 spiro atoms. The number of anilines is 1. The molecule has 3 rings (SSSR count). The zero-order valence-electron chi connectivity index (χ0n) is 13.5. The average Bonchev–Trinajstić information content (AvgIpc) is 3.14. The molecule has 0 aliphatic carbocycles. The third-order valence-corrected chi connectivity index (χ3v) is 4.24. The van der Waals surface area contributed by atoms with Crippen LogP contribution >= 0.6 is 0 Å². The summed E-state index contributed by atoms with van der Waals surface area (Å²) in [4.78, 5) is 18.5. The maximum absolute atomic E-state index is 12.8. The zero-order valence-corrected chi connectivity index (χ0v) is 13.5. The second kappa shape index (κ2) is 8.04. The number of nitrogens with zero attached hydrogens (tertiary/aromatic N) is 2. The highest BCUT2D eigenvalue weighted by molar-refractivity contribution is 5.93. The number of aromatic nitrogens is 1. The lowest BCUT2D eigenvalue weighted by Crippen LogP contribution is -2.38. The van der Waals surface area contributed by atoms with Gasteiger partial charge in [0, 0.05) is 24.7 Å². The molecular formula is C19H22N2O3. The van der Waals surface area contributed by atoms with Crippen LogP contribution in [0.3, 0.4) is 0 Å². The Morgan fingerprint density at radius 2 is 2.00 bits per heavy atom. The standard InChI is InChI=1S/C19H22N2O3/c22-18(15-5-2-1-3-6-15)13-19(23)21(14-17-7-4-12-24-17)16-8-10-20-11-9-16/h1-3,5-6,8-11,17-18,22H,4,7,12-14H2. The van der Waals surface area contributed by atoms with E-state index in [9.17, 15) is 9.90 Å². The van der Waals surface area contributed by atoms with Gasteiger partial charge in [-0.15, -0.1) is 0 Å². The highest BCUT2D eigenvalue weighted by Gasteiger charge is 2.25. The molecule has 2 heterocycles. The number of benzene rings is 1. The first-order valence-electron chi connectivity index (χ1n) is 8.29. The highest BCUT2D eigenvalue weighted by atomic mass is 16.5. The fourth-order valence-electron chi connectivity index (χ4n) is 2.94. The number of ether oxygens (including phenoxy) is 1. The monoisotopic (exact) mass is 326 g/mol. The van der Waals surface area contributed by atoms with Crippen molar-refractivity contribution >= 4 is 11.6 Å². The number of hydrogen-bond acceptors (Lipinski definition) is 4. The Kier molecular flexibility index (Phi) is 5.56. The lowest BCUT2D eigenvalue weighted by atomic mass is 10.1. The van der Waals surface area contributed by atoms with Crippen molar-refractivity contribution in [2.45, 2.75) is 31.5 Å². The van der Waals surface area contributed by atoms with E-state index >= 15 is 0 Å². The molecule has 1 saturated heterocycles. The van der Waals surface area contributed by atoms with E-state index in [4.69, 9.17) is 4.74 Å². The van der Waals surface area contributed by atoms with Crippen LogP contribution in [0.4, 0.5) is 5.69 Å². The Hall–Kier alpha value is -2.24. The van der Waals surface area contributed by atoms with Gasteiger partial charge in [-0.2, -0.15) is 0 Å². The van der Waals surface area contributed by atoms with Crippen molar-refractivity contribution in [3.05, 3.63) is 60.4 Å². The number of aliphatic hydroxyl groups is 1. The molecule has 1 aromatic heterocycles. The molecule has 1 aromatic carbocycles. The maximum Gasteiger partial charge on any atom is 0.230 e. The van der Waals surface area contributed by atoms with E-state index in [1.807, 2.05) is 42.5 Å². The summed E-state index contributed by atoms with van der Waals surface area (Å²) in [7, 11) is 0. The van der Waals surface area contributed by atoms with Gasteiger partial charge >= 0.3 is 0 Å². The summed E-state index contributed by atoms with van der Waals surface area (Å²) < 4.78 is 5.67. The van der Waals surface area contributed by atoms with Gasteiger partial charge in [0.25, 0.3) is 0 Å². The van der Waals surface area contributed by atoms with E-state index < -0.39 is 6.10 Å². The fraction of sp³-hybridized carbons (Fsp3) is 0.368. The fourth-order valence-corrected chi connectivity index (χ4v) is 2.94. The molecule has 0 radical (unpaired) electrons. The van der Waals surface area contributed by atoms with Crippen LogP contribution in [0.1, 0.15) is 30.9 Å². The second-order valence-electron chi connectivity index (χ2n) is 5.98. The Morgan fingerprint density at radius 3 is 2.67 bits per heavy atom. The third kappa shape index (κ3) is 4.19. The Bertz CT molecular complexity index is 642. The molecule has 0 saturated carbocycles. The molecule has 2 unspecified atom stereocenters. The van der Waals surface area contributed by atoms with Gasteiger partial charge < -0.3 is 14.7 Å². The Balaban J connectivity index is 1.73. The van der Waals surface area contributed by atoms with E-state index in [0.717, 1.165) is 30.7 Å². The number of aliphatic hydroxyl groups excluding tert-OH is 1. The summed E-state index contributed by atoms with van der Waals surface area (Å²) in [5, 5.41) is 10.4. The normalized spacial score (nSPS) is 18.3. The number of hydrogen-bond donors (Lipinski definition) is 1. The first-order valence-corrected chi connectivity index (χ1v) is 8.29. The maximum atomic E-state index is 12.8. The molecule has 1 aliphatic heterocycles. The molecule has 5 nitrogen and oxygen atoms in total. The molecule has 1 aliphatic rings. The minimum absolute atomic E-state index is 0.0407. The molecule has 1 N–H and O–H groups in total. The number of carbonyl (C=O) groups is 1. The lowest BCUT2D eigenvalue weighted by Gasteiger charge is -2.26. The quantitative estimate of drug-likeness (QED) is 0.886. The van der Waals surface area contributed by atoms with Crippen molar-refractivity contribution in [2.24, 2.45) is 0 Å². The van der Waals surface area contributed by atoms with Crippen LogP contribution in [-0.2, 0) is 9.53 Å². The molecule has 1 amide bonds. The minimum atomic E-state index is -0.812. The minimum Gasteiger partial charge on any atom is -0.388 e. The summed E-state index contributed by atoms with van der Waals surface area (Å²) >= 11 is 0. The highest BCUT2D eigenvalue weighted by Crippen LogP contribution is 2.23. The van der Waals surface area contributed by atoms with Crippen LogP contribution in [0.15, 0.2) is 54.9 Å². The summed E-state index contributed by atoms with van der Waals surface area (Å²) in [6.07, 6.45) is 4.59. The predicted molar refractivity (Wildman–Crippen MR) is 91.6 cm³/mol. The van der Waals surface area contributed by atoms with Crippen molar-refractivity contribution in [3.8, 4) is 0 Å². The van der Waals surface area contributed by atoms with Crippen LogP contribution in [-0.4, -0.2) is 35.3 Å². The summed E-state index contributed by atoms with van der Waals surface area (Å²) in [6.45, 7) is 1.25. The molecule has 2 atom stereocenters.